The Morgan fingerprint density at radius 3 is 2.21 bits per heavy atom. The van der Waals surface area contributed by atoms with Gasteiger partial charge in [0.05, 0.1) is 11.4 Å². The Bertz CT molecular complexity index is 509. The fraction of sp³-hybridized carbons (Fsp3) is 0.714. The van der Waals surface area contributed by atoms with Gasteiger partial charge in [-0.15, -0.1) is 0 Å². The van der Waals surface area contributed by atoms with Crippen LogP contribution in [0.2, 0.25) is 0 Å². The Morgan fingerprint density at radius 2 is 1.74 bits per heavy atom. The van der Waals surface area contributed by atoms with Crippen molar-refractivity contribution in [1.29, 1.82) is 0 Å². The van der Waals surface area contributed by atoms with Crippen LogP contribution in [-0.2, 0) is 0 Å². The van der Waals surface area contributed by atoms with E-state index in [1.54, 1.807) is 0 Å². The molecule has 0 aromatic carbocycles. The molecule has 1 aromatic rings. The van der Waals surface area contributed by atoms with Gasteiger partial charge in [-0.05, 0) is 55.8 Å². The highest BCUT2D eigenvalue weighted by Gasteiger charge is 2.49. The highest BCUT2D eigenvalue weighted by atomic mass is 16.4. The molecule has 4 aliphatic carbocycles. The zero-order valence-corrected chi connectivity index (χ0v) is 10.8. The summed E-state index contributed by atoms with van der Waals surface area (Å²) in [5.74, 6) is 2.54. The molecule has 4 saturated carbocycles. The number of aromatic amines is 1. The fourth-order valence-electron chi connectivity index (χ4n) is 5.18. The first-order chi connectivity index (χ1) is 9.13. The first-order valence-corrected chi connectivity index (χ1v) is 7.20. The van der Waals surface area contributed by atoms with Crippen LogP contribution in [0, 0.1) is 23.7 Å². The molecule has 0 atom stereocenters. The van der Waals surface area contributed by atoms with Crippen molar-refractivity contribution >= 4 is 11.7 Å². The summed E-state index contributed by atoms with van der Waals surface area (Å²) >= 11 is 0. The predicted octanol–water partition coefficient (Wildman–Crippen LogP) is 2.23. The van der Waals surface area contributed by atoms with Gasteiger partial charge in [-0.2, -0.15) is 5.10 Å². The number of H-pyrrole nitrogens is 1. The van der Waals surface area contributed by atoms with Gasteiger partial charge in [-0.3, -0.25) is 5.10 Å². The van der Waals surface area contributed by atoms with E-state index in [0.29, 0.717) is 23.4 Å². The number of carbonyl (C=O) groups is 1. The number of hydrogen-bond acceptors (Lipinski definition) is 3. The molecular formula is C14H19N3O2. The SMILES string of the molecule is Nc1c(C(=O)O)n[nH]c1C1C2CC3CC(C2)CC1C3. The molecule has 0 unspecified atom stereocenters. The maximum Gasteiger partial charge on any atom is 0.358 e. The van der Waals surface area contributed by atoms with Crippen LogP contribution in [0.25, 0.3) is 0 Å². The maximum absolute atomic E-state index is 11.1. The van der Waals surface area contributed by atoms with E-state index in [9.17, 15) is 4.79 Å². The molecular weight excluding hydrogens is 242 g/mol. The number of aromatic carboxylic acids is 1. The Balaban J connectivity index is 1.71. The van der Waals surface area contributed by atoms with E-state index in [2.05, 4.69) is 10.2 Å². The summed E-state index contributed by atoms with van der Waals surface area (Å²) in [5.41, 5.74) is 7.26. The van der Waals surface area contributed by atoms with Crippen molar-refractivity contribution in [2.45, 2.75) is 38.0 Å². The van der Waals surface area contributed by atoms with Gasteiger partial charge in [-0.1, -0.05) is 0 Å². The summed E-state index contributed by atoms with van der Waals surface area (Å²) in [6.45, 7) is 0. The molecule has 1 aromatic heterocycles. The molecule has 0 aliphatic heterocycles. The molecule has 0 spiro atoms. The van der Waals surface area contributed by atoms with Gasteiger partial charge in [0, 0.05) is 5.92 Å². The zero-order chi connectivity index (χ0) is 13.1. The monoisotopic (exact) mass is 261 g/mol. The van der Waals surface area contributed by atoms with E-state index >= 15 is 0 Å². The highest BCUT2D eigenvalue weighted by Crippen LogP contribution is 2.60. The minimum Gasteiger partial charge on any atom is -0.476 e. The molecule has 4 N–H and O–H groups in total. The molecule has 19 heavy (non-hydrogen) atoms. The van der Waals surface area contributed by atoms with Gasteiger partial charge >= 0.3 is 5.97 Å². The smallest absolute Gasteiger partial charge is 0.358 e. The van der Waals surface area contributed by atoms with Crippen LogP contribution in [-0.4, -0.2) is 21.3 Å². The predicted molar refractivity (Wildman–Crippen MR) is 69.7 cm³/mol. The van der Waals surface area contributed by atoms with E-state index in [-0.39, 0.29) is 5.69 Å². The molecule has 102 valence electrons. The fourth-order valence-corrected chi connectivity index (χ4v) is 5.18. The van der Waals surface area contributed by atoms with Crippen LogP contribution in [0.3, 0.4) is 0 Å². The summed E-state index contributed by atoms with van der Waals surface area (Å²) in [7, 11) is 0. The average Bonchev–Trinajstić information content (AvgIpc) is 2.70. The lowest BCUT2D eigenvalue weighted by atomic mass is 9.51. The number of rotatable bonds is 2. The average molecular weight is 261 g/mol. The van der Waals surface area contributed by atoms with Gasteiger partial charge in [-0.25, -0.2) is 4.79 Å². The summed E-state index contributed by atoms with van der Waals surface area (Å²) in [6.07, 6.45) is 6.58. The highest BCUT2D eigenvalue weighted by molar-refractivity contribution is 5.92. The molecule has 0 amide bonds. The maximum atomic E-state index is 11.1. The summed E-state index contributed by atoms with van der Waals surface area (Å²) in [5, 5.41) is 15.9. The van der Waals surface area contributed by atoms with Crippen molar-refractivity contribution in [1.82, 2.24) is 10.2 Å². The molecule has 0 radical (unpaired) electrons. The van der Waals surface area contributed by atoms with Crippen molar-refractivity contribution in [2.24, 2.45) is 23.7 Å². The second kappa shape index (κ2) is 3.74. The molecule has 0 saturated heterocycles. The van der Waals surface area contributed by atoms with E-state index in [1.165, 1.54) is 32.1 Å². The van der Waals surface area contributed by atoms with Crippen LogP contribution in [0.1, 0.15) is 54.2 Å². The number of anilines is 1. The van der Waals surface area contributed by atoms with Crippen molar-refractivity contribution in [3.05, 3.63) is 11.4 Å². The normalized spacial score (nSPS) is 39.7. The van der Waals surface area contributed by atoms with Gasteiger partial charge in [0.15, 0.2) is 5.69 Å². The second-order valence-electron chi connectivity index (χ2n) is 6.66. The first kappa shape index (κ1) is 11.3. The number of nitrogens with two attached hydrogens (primary N) is 1. The number of aromatic nitrogens is 2. The largest absolute Gasteiger partial charge is 0.476 e. The van der Waals surface area contributed by atoms with E-state index in [4.69, 9.17) is 10.8 Å². The van der Waals surface area contributed by atoms with Crippen molar-refractivity contribution in [3.63, 3.8) is 0 Å². The van der Waals surface area contributed by atoms with Crippen LogP contribution in [0.5, 0.6) is 0 Å². The lowest BCUT2D eigenvalue weighted by Crippen LogP contribution is -2.44. The summed E-state index contributed by atoms with van der Waals surface area (Å²) in [6, 6.07) is 0. The quantitative estimate of drug-likeness (QED) is 0.761. The number of carboxylic acids is 1. The third-order valence-electron chi connectivity index (χ3n) is 5.60. The second-order valence-corrected chi connectivity index (χ2v) is 6.66. The summed E-state index contributed by atoms with van der Waals surface area (Å²) < 4.78 is 0. The minimum absolute atomic E-state index is 0.0104. The first-order valence-electron chi connectivity index (χ1n) is 7.20. The van der Waals surface area contributed by atoms with Crippen molar-refractivity contribution in [3.8, 4) is 0 Å². The molecule has 4 aliphatic rings. The van der Waals surface area contributed by atoms with E-state index < -0.39 is 5.97 Å². The van der Waals surface area contributed by atoms with Gasteiger partial charge in [0.2, 0.25) is 0 Å². The minimum atomic E-state index is -1.04. The van der Waals surface area contributed by atoms with Crippen LogP contribution < -0.4 is 5.73 Å². The Labute approximate surface area is 111 Å². The third-order valence-corrected chi connectivity index (χ3v) is 5.60. The van der Waals surface area contributed by atoms with Crippen LogP contribution in [0.15, 0.2) is 0 Å². The number of carboxylic acid groups (broad SMARTS) is 1. The zero-order valence-electron chi connectivity index (χ0n) is 10.8. The van der Waals surface area contributed by atoms with Gasteiger partial charge in [0.25, 0.3) is 0 Å². The van der Waals surface area contributed by atoms with Gasteiger partial charge in [0.1, 0.15) is 0 Å². The Morgan fingerprint density at radius 1 is 1.16 bits per heavy atom. The summed E-state index contributed by atoms with van der Waals surface area (Å²) in [4.78, 5) is 11.1. The Kier molecular flexibility index (Phi) is 2.23. The lowest BCUT2D eigenvalue weighted by molar-refractivity contribution is -0.00394. The van der Waals surface area contributed by atoms with E-state index in [1.807, 2.05) is 0 Å². The Hall–Kier alpha value is -1.52. The lowest BCUT2D eigenvalue weighted by Gasteiger charge is -2.54. The topological polar surface area (TPSA) is 92.0 Å². The number of nitrogen functional groups attached to an aromatic ring is 1. The van der Waals surface area contributed by atoms with Crippen molar-refractivity contribution in [2.75, 3.05) is 5.73 Å². The molecule has 5 heteroatoms. The number of nitrogens with zero attached hydrogens (tertiary/aromatic N) is 1. The number of hydrogen-bond donors (Lipinski definition) is 3. The molecule has 4 fully saturated rings. The van der Waals surface area contributed by atoms with Crippen LogP contribution in [0.4, 0.5) is 5.69 Å². The molecule has 5 nitrogen and oxygen atoms in total. The molecule has 4 bridgehead atoms. The number of nitrogens with one attached hydrogen (secondary N) is 1. The third kappa shape index (κ3) is 1.53. The van der Waals surface area contributed by atoms with Crippen LogP contribution >= 0.6 is 0 Å². The van der Waals surface area contributed by atoms with E-state index in [0.717, 1.165) is 17.5 Å². The molecule has 5 rings (SSSR count). The van der Waals surface area contributed by atoms with Gasteiger partial charge < -0.3 is 10.8 Å². The van der Waals surface area contributed by atoms with Crippen molar-refractivity contribution < 1.29 is 9.90 Å². The molecule has 1 heterocycles. The standard InChI is InChI=1S/C14H19N3O2/c15-11-12(16-17-13(11)14(18)19)10-8-2-6-1-7(4-8)5-9(10)3-6/h6-10H,1-5,15H2,(H,16,17)(H,18,19).